The van der Waals surface area contributed by atoms with Crippen LogP contribution < -0.4 is 0 Å². The normalized spacial score (nSPS) is 35.5. The van der Waals surface area contributed by atoms with E-state index in [1.165, 1.54) is 43.2 Å². The molecule has 19 heavy (non-hydrogen) atoms. The predicted octanol–water partition coefficient (Wildman–Crippen LogP) is 4.43. The summed E-state index contributed by atoms with van der Waals surface area (Å²) in [6.07, 6.45) is 9.46. The molecule has 0 radical (unpaired) electrons. The first-order valence-electron chi connectivity index (χ1n) is 8.01. The summed E-state index contributed by atoms with van der Waals surface area (Å²) in [5.41, 5.74) is 2.08. The van der Waals surface area contributed by atoms with Crippen LogP contribution in [0.5, 0.6) is 0 Å². The van der Waals surface area contributed by atoms with Gasteiger partial charge in [-0.1, -0.05) is 44.0 Å². The molecule has 0 spiro atoms. The van der Waals surface area contributed by atoms with Gasteiger partial charge in [-0.2, -0.15) is 0 Å². The number of hydrogen-bond acceptors (Lipinski definition) is 1. The third-order valence-corrected chi connectivity index (χ3v) is 5.43. The van der Waals surface area contributed by atoms with E-state index in [9.17, 15) is 5.11 Å². The molecule has 0 bridgehead atoms. The largest absolute Gasteiger partial charge is 0.385 e. The lowest BCUT2D eigenvalue weighted by Crippen LogP contribution is -2.37. The third kappa shape index (κ3) is 2.45. The number of rotatable bonds is 1. The zero-order chi connectivity index (χ0) is 13.3. The van der Waals surface area contributed by atoms with Crippen molar-refractivity contribution in [3.05, 3.63) is 35.4 Å². The van der Waals surface area contributed by atoms with E-state index in [4.69, 9.17) is 0 Å². The van der Waals surface area contributed by atoms with Crippen LogP contribution in [0.1, 0.15) is 63.0 Å². The van der Waals surface area contributed by atoms with Crippen LogP contribution in [-0.2, 0) is 12.0 Å². The predicted molar refractivity (Wildman–Crippen MR) is 79.0 cm³/mol. The first-order chi connectivity index (χ1) is 9.20. The van der Waals surface area contributed by atoms with Gasteiger partial charge in [-0.3, -0.25) is 0 Å². The second-order valence-corrected chi connectivity index (χ2v) is 6.75. The SMILES string of the molecule is CC1CCC(C2(O)CCCCc3ccccc32)CC1. The molecule has 0 amide bonds. The Hall–Kier alpha value is -0.820. The molecule has 0 aliphatic heterocycles. The van der Waals surface area contributed by atoms with Gasteiger partial charge in [0, 0.05) is 0 Å². The molecule has 2 aliphatic carbocycles. The molecule has 1 nitrogen and oxygen atoms in total. The van der Waals surface area contributed by atoms with Crippen molar-refractivity contribution in [1.29, 1.82) is 0 Å². The van der Waals surface area contributed by atoms with Crippen LogP contribution in [0.2, 0.25) is 0 Å². The average Bonchev–Trinajstić information content (AvgIpc) is 2.61. The van der Waals surface area contributed by atoms with Crippen LogP contribution in [0.3, 0.4) is 0 Å². The van der Waals surface area contributed by atoms with Crippen molar-refractivity contribution in [1.82, 2.24) is 0 Å². The molecular formula is C18H26O. The minimum Gasteiger partial charge on any atom is -0.385 e. The van der Waals surface area contributed by atoms with Crippen molar-refractivity contribution < 1.29 is 5.11 Å². The first-order valence-corrected chi connectivity index (χ1v) is 8.01. The molecule has 0 saturated heterocycles. The standard InChI is InChI=1S/C18H26O/c1-14-9-11-16(12-10-14)18(19)13-5-4-7-15-6-2-3-8-17(15)18/h2-3,6,8,14,16,19H,4-5,7,9-13H2,1H3. The number of aliphatic hydroxyl groups is 1. The lowest BCUT2D eigenvalue weighted by atomic mass is 9.69. The van der Waals surface area contributed by atoms with Gasteiger partial charge in [-0.15, -0.1) is 0 Å². The zero-order valence-electron chi connectivity index (χ0n) is 12.1. The third-order valence-electron chi connectivity index (χ3n) is 5.43. The number of hydrogen-bond donors (Lipinski definition) is 1. The highest BCUT2D eigenvalue weighted by molar-refractivity contribution is 5.34. The maximum Gasteiger partial charge on any atom is 0.0927 e. The minimum atomic E-state index is -0.548. The fourth-order valence-electron chi connectivity index (χ4n) is 4.17. The van der Waals surface area contributed by atoms with E-state index in [-0.39, 0.29) is 0 Å². The monoisotopic (exact) mass is 258 g/mol. The molecule has 104 valence electrons. The lowest BCUT2D eigenvalue weighted by Gasteiger charge is -2.40. The van der Waals surface area contributed by atoms with Crippen LogP contribution in [0.4, 0.5) is 0 Å². The molecule has 0 heterocycles. The summed E-state index contributed by atoms with van der Waals surface area (Å²) in [5, 5.41) is 11.4. The van der Waals surface area contributed by atoms with E-state index in [1.807, 2.05) is 0 Å². The molecule has 1 aromatic rings. The highest BCUT2D eigenvalue weighted by atomic mass is 16.3. The fraction of sp³-hybridized carbons (Fsp3) is 0.667. The number of benzene rings is 1. The minimum absolute atomic E-state index is 0.475. The van der Waals surface area contributed by atoms with Crippen LogP contribution in [0.25, 0.3) is 0 Å². The van der Waals surface area contributed by atoms with Crippen molar-refractivity contribution >= 4 is 0 Å². The second-order valence-electron chi connectivity index (χ2n) is 6.75. The van der Waals surface area contributed by atoms with Gasteiger partial charge < -0.3 is 5.11 Å². The zero-order valence-corrected chi connectivity index (χ0v) is 12.1. The average molecular weight is 258 g/mol. The van der Waals surface area contributed by atoms with Gasteiger partial charge in [0.25, 0.3) is 0 Å². The Labute approximate surface area is 117 Å². The molecule has 1 unspecified atom stereocenters. The Bertz CT molecular complexity index is 431. The van der Waals surface area contributed by atoms with Gasteiger partial charge in [0.2, 0.25) is 0 Å². The van der Waals surface area contributed by atoms with Gasteiger partial charge in [-0.05, 0) is 61.5 Å². The Balaban J connectivity index is 1.93. The molecular weight excluding hydrogens is 232 g/mol. The summed E-state index contributed by atoms with van der Waals surface area (Å²) in [6, 6.07) is 8.61. The Morgan fingerprint density at radius 1 is 1.05 bits per heavy atom. The van der Waals surface area contributed by atoms with Gasteiger partial charge in [0.05, 0.1) is 5.60 Å². The summed E-state index contributed by atoms with van der Waals surface area (Å²) in [4.78, 5) is 0. The maximum atomic E-state index is 11.4. The maximum absolute atomic E-state index is 11.4. The number of aryl methyl sites for hydroxylation is 1. The molecule has 1 heteroatoms. The summed E-state index contributed by atoms with van der Waals surface area (Å²) in [6.45, 7) is 2.35. The van der Waals surface area contributed by atoms with Gasteiger partial charge >= 0.3 is 0 Å². The summed E-state index contributed by atoms with van der Waals surface area (Å²) < 4.78 is 0. The molecule has 3 rings (SSSR count). The van der Waals surface area contributed by atoms with E-state index in [0.29, 0.717) is 5.92 Å². The highest BCUT2D eigenvalue weighted by Gasteiger charge is 2.41. The lowest BCUT2D eigenvalue weighted by molar-refractivity contribution is -0.0505. The Morgan fingerprint density at radius 3 is 2.58 bits per heavy atom. The van der Waals surface area contributed by atoms with E-state index < -0.39 is 5.60 Å². The molecule has 1 N–H and O–H groups in total. The molecule has 1 aromatic carbocycles. The summed E-state index contributed by atoms with van der Waals surface area (Å²) in [5.74, 6) is 1.32. The highest BCUT2D eigenvalue weighted by Crippen LogP contribution is 2.46. The van der Waals surface area contributed by atoms with Crippen LogP contribution in [0, 0.1) is 11.8 Å². The van der Waals surface area contributed by atoms with E-state index >= 15 is 0 Å². The second kappa shape index (κ2) is 5.28. The first kappa shape index (κ1) is 13.2. The van der Waals surface area contributed by atoms with Crippen LogP contribution >= 0.6 is 0 Å². The Morgan fingerprint density at radius 2 is 1.79 bits per heavy atom. The van der Waals surface area contributed by atoms with E-state index in [0.717, 1.165) is 25.2 Å². The smallest absolute Gasteiger partial charge is 0.0927 e. The number of fused-ring (bicyclic) bond motifs is 1. The summed E-state index contributed by atoms with van der Waals surface area (Å²) >= 11 is 0. The van der Waals surface area contributed by atoms with Gasteiger partial charge in [0.15, 0.2) is 0 Å². The van der Waals surface area contributed by atoms with Crippen molar-refractivity contribution in [2.24, 2.45) is 11.8 Å². The Kier molecular flexibility index (Phi) is 3.66. The van der Waals surface area contributed by atoms with E-state index in [2.05, 4.69) is 31.2 Å². The molecule has 1 atom stereocenters. The molecule has 1 saturated carbocycles. The quantitative estimate of drug-likeness (QED) is 0.739. The molecule has 0 aromatic heterocycles. The van der Waals surface area contributed by atoms with Crippen molar-refractivity contribution in [3.8, 4) is 0 Å². The van der Waals surface area contributed by atoms with Crippen LogP contribution in [0.15, 0.2) is 24.3 Å². The van der Waals surface area contributed by atoms with Crippen molar-refractivity contribution in [3.63, 3.8) is 0 Å². The van der Waals surface area contributed by atoms with Gasteiger partial charge in [-0.25, -0.2) is 0 Å². The van der Waals surface area contributed by atoms with Crippen molar-refractivity contribution in [2.45, 2.75) is 63.9 Å². The van der Waals surface area contributed by atoms with E-state index in [1.54, 1.807) is 0 Å². The molecule has 2 aliphatic rings. The van der Waals surface area contributed by atoms with Crippen LogP contribution in [-0.4, -0.2) is 5.11 Å². The summed E-state index contributed by atoms with van der Waals surface area (Å²) in [7, 11) is 0. The molecule has 1 fully saturated rings. The topological polar surface area (TPSA) is 20.2 Å². The van der Waals surface area contributed by atoms with Crippen molar-refractivity contribution in [2.75, 3.05) is 0 Å². The van der Waals surface area contributed by atoms with Gasteiger partial charge in [0.1, 0.15) is 0 Å². The fourth-order valence-corrected chi connectivity index (χ4v) is 4.17.